The lowest BCUT2D eigenvalue weighted by molar-refractivity contribution is -0.123. The molecular formula is C18H21ClN8O2. The summed E-state index contributed by atoms with van der Waals surface area (Å²) in [5.41, 5.74) is 0.580. The summed E-state index contributed by atoms with van der Waals surface area (Å²) in [4.78, 5) is 33.4. The van der Waals surface area contributed by atoms with Gasteiger partial charge in [-0.15, -0.1) is 0 Å². The van der Waals surface area contributed by atoms with Crippen LogP contribution in [0.25, 0.3) is 0 Å². The minimum Gasteiger partial charge on any atom is -0.352 e. The summed E-state index contributed by atoms with van der Waals surface area (Å²) < 4.78 is 1.63. The van der Waals surface area contributed by atoms with Gasteiger partial charge in [0.2, 0.25) is 11.9 Å². The molecule has 1 saturated heterocycles. The van der Waals surface area contributed by atoms with Crippen LogP contribution in [0.2, 0.25) is 5.02 Å². The van der Waals surface area contributed by atoms with E-state index in [0.29, 0.717) is 41.5 Å². The maximum absolute atomic E-state index is 12.2. The van der Waals surface area contributed by atoms with Crippen LogP contribution in [0.4, 0.5) is 17.5 Å². The molecule has 2 atom stereocenters. The molecule has 1 aliphatic heterocycles. The number of halogens is 1. The van der Waals surface area contributed by atoms with Crippen molar-refractivity contribution in [3.63, 3.8) is 0 Å². The number of hydrogen-bond donors (Lipinski definition) is 2. The summed E-state index contributed by atoms with van der Waals surface area (Å²) in [6.07, 6.45) is 8.00. The number of fused-ring (bicyclic) bond motifs is 1. The molecule has 10 nitrogen and oxygen atoms in total. The van der Waals surface area contributed by atoms with Crippen molar-refractivity contribution < 1.29 is 4.79 Å². The van der Waals surface area contributed by atoms with Gasteiger partial charge in [-0.05, 0) is 19.3 Å². The number of nitroso groups, excluding NO2 is 1. The Morgan fingerprint density at radius 2 is 2.24 bits per heavy atom. The van der Waals surface area contributed by atoms with Crippen molar-refractivity contribution in [2.45, 2.75) is 31.3 Å². The summed E-state index contributed by atoms with van der Waals surface area (Å²) in [7, 11) is 0. The third kappa shape index (κ3) is 3.64. The molecule has 11 heteroatoms. The van der Waals surface area contributed by atoms with Crippen LogP contribution < -0.4 is 15.5 Å². The number of amides is 1. The zero-order chi connectivity index (χ0) is 20.0. The molecule has 2 aliphatic carbocycles. The van der Waals surface area contributed by atoms with Gasteiger partial charge in [-0.25, -0.2) is 4.98 Å². The van der Waals surface area contributed by atoms with E-state index in [1.165, 1.54) is 0 Å². The molecule has 0 radical (unpaired) electrons. The average molecular weight is 417 g/mol. The predicted octanol–water partition coefficient (Wildman–Crippen LogP) is 1.94. The lowest BCUT2D eigenvalue weighted by Crippen LogP contribution is -2.43. The number of piperidine rings is 1. The number of hydrogen-bond acceptors (Lipinski definition) is 8. The third-order valence-electron chi connectivity index (χ3n) is 5.80. The van der Waals surface area contributed by atoms with E-state index in [9.17, 15) is 9.70 Å². The molecule has 2 aromatic rings. The molecule has 0 spiro atoms. The molecule has 2 N–H and O–H groups in total. The Kier molecular flexibility index (Phi) is 4.38. The van der Waals surface area contributed by atoms with Gasteiger partial charge in [-0.1, -0.05) is 16.8 Å². The molecule has 0 bridgehead atoms. The van der Waals surface area contributed by atoms with Gasteiger partial charge in [0, 0.05) is 31.1 Å². The fourth-order valence-corrected chi connectivity index (χ4v) is 4.21. The van der Waals surface area contributed by atoms with Crippen molar-refractivity contribution in [3.8, 4) is 0 Å². The Balaban J connectivity index is 1.27. The topological polar surface area (TPSA) is 117 Å². The first-order valence-electron chi connectivity index (χ1n) is 9.74. The van der Waals surface area contributed by atoms with Crippen molar-refractivity contribution in [3.05, 3.63) is 28.5 Å². The van der Waals surface area contributed by atoms with Crippen LogP contribution in [0.5, 0.6) is 0 Å². The Morgan fingerprint density at radius 3 is 3.03 bits per heavy atom. The van der Waals surface area contributed by atoms with E-state index in [2.05, 4.69) is 35.8 Å². The SMILES string of the molecule is O=NCCn1cc(Nc2ncc(Cl)c(N3CC4C[C@]4(NC(=O)C4CC4)C3)n2)cn1. The van der Waals surface area contributed by atoms with Gasteiger partial charge in [0.05, 0.1) is 30.2 Å². The van der Waals surface area contributed by atoms with Crippen LogP contribution in [0.3, 0.4) is 0 Å². The Labute approximate surface area is 172 Å². The van der Waals surface area contributed by atoms with Crippen molar-refractivity contribution in [1.29, 1.82) is 0 Å². The van der Waals surface area contributed by atoms with Gasteiger partial charge in [0.25, 0.3) is 0 Å². The lowest BCUT2D eigenvalue weighted by atomic mass is 10.2. The van der Waals surface area contributed by atoms with Crippen molar-refractivity contribution in [2.24, 2.45) is 17.0 Å². The van der Waals surface area contributed by atoms with Crippen LogP contribution in [0.15, 0.2) is 23.8 Å². The van der Waals surface area contributed by atoms with E-state index >= 15 is 0 Å². The normalized spacial score (nSPS) is 24.9. The first kappa shape index (κ1) is 18.3. The maximum Gasteiger partial charge on any atom is 0.229 e. The molecule has 1 unspecified atom stereocenters. The Morgan fingerprint density at radius 1 is 1.38 bits per heavy atom. The molecule has 29 heavy (non-hydrogen) atoms. The van der Waals surface area contributed by atoms with Gasteiger partial charge >= 0.3 is 0 Å². The molecule has 3 heterocycles. The summed E-state index contributed by atoms with van der Waals surface area (Å²) >= 11 is 6.38. The fourth-order valence-electron chi connectivity index (χ4n) is 3.99. The standard InChI is InChI=1S/C18H21ClN8O2/c19-14-7-20-17(23-13-6-21-27(9-13)4-3-22-29)24-15(14)26-8-12-5-18(12,10-26)25-16(28)11-1-2-11/h6-7,9,11-12H,1-5,8,10H2,(H,25,28)(H,20,23,24)/t12?,18-/m0/s1. The number of nitrogens with zero attached hydrogens (tertiary/aromatic N) is 6. The number of nitrogens with one attached hydrogen (secondary N) is 2. The molecule has 2 aromatic heterocycles. The van der Waals surface area contributed by atoms with Crippen molar-refractivity contribution in [2.75, 3.05) is 29.9 Å². The van der Waals surface area contributed by atoms with Crippen LogP contribution in [-0.2, 0) is 11.3 Å². The molecule has 0 aromatic carbocycles. The number of carbonyl (C=O) groups excluding carboxylic acids is 1. The Bertz CT molecular complexity index is 961. The molecule has 152 valence electrons. The van der Waals surface area contributed by atoms with E-state index in [0.717, 1.165) is 25.8 Å². The Hall–Kier alpha value is -2.75. The summed E-state index contributed by atoms with van der Waals surface area (Å²) in [5.74, 6) is 1.91. The molecule has 1 amide bonds. The summed E-state index contributed by atoms with van der Waals surface area (Å²) in [5, 5.41) is 13.8. The number of aromatic nitrogens is 4. The third-order valence-corrected chi connectivity index (χ3v) is 6.07. The smallest absolute Gasteiger partial charge is 0.229 e. The largest absolute Gasteiger partial charge is 0.352 e. The quantitative estimate of drug-likeness (QED) is 0.631. The van der Waals surface area contributed by atoms with E-state index in [-0.39, 0.29) is 23.9 Å². The van der Waals surface area contributed by atoms with E-state index in [1.54, 1.807) is 23.3 Å². The van der Waals surface area contributed by atoms with Crippen LogP contribution in [0, 0.1) is 16.7 Å². The van der Waals surface area contributed by atoms with Gasteiger partial charge < -0.3 is 15.5 Å². The van der Waals surface area contributed by atoms with Crippen molar-refractivity contribution >= 4 is 35.0 Å². The fraction of sp³-hybridized carbons (Fsp3) is 0.556. The van der Waals surface area contributed by atoms with Gasteiger partial charge in [0.1, 0.15) is 11.6 Å². The predicted molar refractivity (Wildman–Crippen MR) is 107 cm³/mol. The highest BCUT2D eigenvalue weighted by Gasteiger charge is 2.62. The number of anilines is 3. The first-order valence-corrected chi connectivity index (χ1v) is 10.1. The average Bonchev–Trinajstić information content (AvgIpc) is 3.59. The van der Waals surface area contributed by atoms with Gasteiger partial charge in [-0.2, -0.15) is 15.0 Å². The molecule has 3 aliphatic rings. The number of rotatable bonds is 8. The van der Waals surface area contributed by atoms with E-state index in [4.69, 9.17) is 11.6 Å². The summed E-state index contributed by atoms with van der Waals surface area (Å²) in [6, 6.07) is 0. The van der Waals surface area contributed by atoms with E-state index in [1.807, 2.05) is 0 Å². The van der Waals surface area contributed by atoms with Crippen LogP contribution in [0.1, 0.15) is 19.3 Å². The van der Waals surface area contributed by atoms with Crippen LogP contribution >= 0.6 is 11.6 Å². The van der Waals surface area contributed by atoms with Crippen LogP contribution in [-0.4, -0.2) is 50.8 Å². The second kappa shape index (κ2) is 6.94. The second-order valence-corrected chi connectivity index (χ2v) is 8.44. The lowest BCUT2D eigenvalue weighted by Gasteiger charge is -2.23. The van der Waals surface area contributed by atoms with E-state index < -0.39 is 0 Å². The minimum atomic E-state index is -0.130. The maximum atomic E-state index is 12.2. The highest BCUT2D eigenvalue weighted by molar-refractivity contribution is 6.32. The first-order chi connectivity index (χ1) is 14.1. The zero-order valence-corrected chi connectivity index (χ0v) is 16.5. The molecule has 3 fully saturated rings. The highest BCUT2D eigenvalue weighted by Crippen LogP contribution is 2.51. The minimum absolute atomic E-state index is 0.130. The monoisotopic (exact) mass is 416 g/mol. The number of carbonyl (C=O) groups is 1. The highest BCUT2D eigenvalue weighted by atomic mass is 35.5. The molecule has 5 rings (SSSR count). The van der Waals surface area contributed by atoms with Crippen molar-refractivity contribution in [1.82, 2.24) is 25.1 Å². The van der Waals surface area contributed by atoms with Gasteiger partial charge in [0.15, 0.2) is 5.82 Å². The summed E-state index contributed by atoms with van der Waals surface area (Å²) in [6.45, 7) is 2.11. The van der Waals surface area contributed by atoms with Gasteiger partial charge in [-0.3, -0.25) is 9.48 Å². The molecule has 2 saturated carbocycles. The zero-order valence-electron chi connectivity index (χ0n) is 15.7. The second-order valence-electron chi connectivity index (χ2n) is 8.04. The molecular weight excluding hydrogens is 396 g/mol.